The summed E-state index contributed by atoms with van der Waals surface area (Å²) in [4.78, 5) is 17.2. The molecule has 1 aliphatic carbocycles. The van der Waals surface area contributed by atoms with Crippen molar-refractivity contribution in [2.45, 2.75) is 63.5 Å². The molecule has 5 rings (SSSR count). The number of nitrogens with zero attached hydrogens (tertiary/aromatic N) is 2. The van der Waals surface area contributed by atoms with Crippen LogP contribution >= 0.6 is 0 Å². The lowest BCUT2D eigenvalue weighted by atomic mass is 9.77. The lowest BCUT2D eigenvalue weighted by molar-refractivity contribution is -0.161. The van der Waals surface area contributed by atoms with Gasteiger partial charge in [0.2, 0.25) is 5.91 Å². The van der Waals surface area contributed by atoms with E-state index in [0.29, 0.717) is 43.1 Å². The first kappa shape index (κ1) is 22.2. The standard InChI is InChI=1S/C26H38N2O4/c1-25(2,30)18-32-23-6-4-3-5-22(23)19-8-11-27(12-9-19)21-7-10-26(13-21)16-28(17-26)24(29)20-14-31-15-20/h3-6,19-21,30H,7-18H2,1-2H3. The maximum absolute atomic E-state index is 12.4. The summed E-state index contributed by atoms with van der Waals surface area (Å²) in [5.41, 5.74) is 0.828. The van der Waals surface area contributed by atoms with Crippen LogP contribution in [-0.4, -0.2) is 78.5 Å². The SMILES string of the molecule is CC(C)(O)COc1ccccc1C1CCN(C2CCC3(C2)CN(C(=O)C2COC2)C3)CC1. The van der Waals surface area contributed by atoms with E-state index < -0.39 is 5.60 Å². The van der Waals surface area contributed by atoms with Gasteiger partial charge in [-0.3, -0.25) is 4.79 Å². The molecule has 1 amide bonds. The summed E-state index contributed by atoms with van der Waals surface area (Å²) in [5.74, 6) is 1.88. The molecule has 176 valence electrons. The number of carbonyl (C=O) groups excluding carboxylic acids is 1. The molecule has 0 aromatic heterocycles. The van der Waals surface area contributed by atoms with E-state index >= 15 is 0 Å². The van der Waals surface area contributed by atoms with Crippen molar-refractivity contribution in [1.82, 2.24) is 9.80 Å². The Labute approximate surface area is 191 Å². The van der Waals surface area contributed by atoms with E-state index in [9.17, 15) is 9.90 Å². The predicted molar refractivity (Wildman–Crippen MR) is 123 cm³/mol. The largest absolute Gasteiger partial charge is 0.490 e. The second-order valence-corrected chi connectivity index (χ2v) is 11.3. The molecular formula is C26H38N2O4. The van der Waals surface area contributed by atoms with Crippen LogP contribution in [0, 0.1) is 11.3 Å². The van der Waals surface area contributed by atoms with Gasteiger partial charge in [0.25, 0.3) is 0 Å². The molecule has 6 nitrogen and oxygen atoms in total. The van der Waals surface area contributed by atoms with E-state index in [2.05, 4.69) is 21.9 Å². The molecule has 1 atom stereocenters. The summed E-state index contributed by atoms with van der Waals surface area (Å²) in [6.45, 7) is 9.28. The number of piperidine rings is 1. The van der Waals surface area contributed by atoms with Gasteiger partial charge in [-0.25, -0.2) is 0 Å². The Balaban J connectivity index is 1.12. The zero-order valence-electron chi connectivity index (χ0n) is 19.6. The van der Waals surface area contributed by atoms with Crippen LogP contribution in [0.4, 0.5) is 0 Å². The maximum atomic E-state index is 12.4. The molecule has 0 radical (unpaired) electrons. The second kappa shape index (κ2) is 8.62. The highest BCUT2D eigenvalue weighted by Crippen LogP contribution is 2.48. The van der Waals surface area contributed by atoms with Gasteiger partial charge in [0.15, 0.2) is 0 Å². The number of rotatable bonds is 6. The van der Waals surface area contributed by atoms with Gasteiger partial charge < -0.3 is 24.4 Å². The fourth-order valence-electron chi connectivity index (χ4n) is 6.11. The normalized spacial score (nSPS) is 26.7. The van der Waals surface area contributed by atoms with Gasteiger partial charge in [-0.2, -0.15) is 0 Å². The average Bonchev–Trinajstić information content (AvgIpc) is 3.16. The van der Waals surface area contributed by atoms with Crippen LogP contribution in [0.1, 0.15) is 57.4 Å². The molecule has 1 spiro atoms. The summed E-state index contributed by atoms with van der Waals surface area (Å²) in [5, 5.41) is 10.0. The monoisotopic (exact) mass is 442 g/mol. The Hall–Kier alpha value is -1.63. The Kier molecular flexibility index (Phi) is 5.97. The van der Waals surface area contributed by atoms with Crippen LogP contribution in [0.15, 0.2) is 24.3 Å². The van der Waals surface area contributed by atoms with Crippen molar-refractivity contribution in [2.75, 3.05) is 46.0 Å². The highest BCUT2D eigenvalue weighted by Gasteiger charge is 2.52. The molecule has 4 aliphatic rings. The lowest BCUT2D eigenvalue weighted by Gasteiger charge is -2.50. The first-order chi connectivity index (χ1) is 15.3. The molecule has 3 saturated heterocycles. The Morgan fingerprint density at radius 1 is 1.19 bits per heavy atom. The topological polar surface area (TPSA) is 62.2 Å². The number of benzene rings is 1. The highest BCUT2D eigenvalue weighted by molar-refractivity contribution is 5.80. The van der Waals surface area contributed by atoms with E-state index in [1.165, 1.54) is 24.8 Å². The number of likely N-dealkylation sites (tertiary alicyclic amines) is 2. The van der Waals surface area contributed by atoms with Crippen LogP contribution in [0.3, 0.4) is 0 Å². The molecular weight excluding hydrogens is 404 g/mol. The number of hydrogen-bond donors (Lipinski definition) is 1. The van der Waals surface area contributed by atoms with Gasteiger partial charge >= 0.3 is 0 Å². The number of para-hydroxylation sites is 1. The summed E-state index contributed by atoms with van der Waals surface area (Å²) in [6, 6.07) is 9.01. The highest BCUT2D eigenvalue weighted by atomic mass is 16.5. The molecule has 6 heteroatoms. The first-order valence-electron chi connectivity index (χ1n) is 12.4. The zero-order valence-corrected chi connectivity index (χ0v) is 19.6. The van der Waals surface area contributed by atoms with Crippen molar-refractivity contribution < 1.29 is 19.4 Å². The predicted octanol–water partition coefficient (Wildman–Crippen LogP) is 3.04. The molecule has 3 aliphatic heterocycles. The smallest absolute Gasteiger partial charge is 0.230 e. The minimum absolute atomic E-state index is 0.124. The molecule has 1 N–H and O–H groups in total. The van der Waals surface area contributed by atoms with Gasteiger partial charge in [-0.1, -0.05) is 18.2 Å². The van der Waals surface area contributed by atoms with E-state index in [4.69, 9.17) is 9.47 Å². The van der Waals surface area contributed by atoms with Crippen LogP contribution in [0.2, 0.25) is 0 Å². The Bertz CT molecular complexity index is 817. The van der Waals surface area contributed by atoms with Gasteiger partial charge in [0, 0.05) is 24.5 Å². The third-order valence-electron chi connectivity index (χ3n) is 8.01. The van der Waals surface area contributed by atoms with Gasteiger partial charge in [-0.05, 0) is 76.6 Å². The Morgan fingerprint density at radius 3 is 2.56 bits per heavy atom. The Morgan fingerprint density at radius 2 is 1.91 bits per heavy atom. The summed E-state index contributed by atoms with van der Waals surface area (Å²) >= 11 is 0. The van der Waals surface area contributed by atoms with Crippen molar-refractivity contribution >= 4 is 5.91 Å². The van der Waals surface area contributed by atoms with Gasteiger partial charge in [0.05, 0.1) is 24.7 Å². The van der Waals surface area contributed by atoms with Crippen LogP contribution in [0.5, 0.6) is 5.75 Å². The van der Waals surface area contributed by atoms with Crippen molar-refractivity contribution in [1.29, 1.82) is 0 Å². The zero-order chi connectivity index (χ0) is 22.3. The van der Waals surface area contributed by atoms with Crippen molar-refractivity contribution in [3.63, 3.8) is 0 Å². The van der Waals surface area contributed by atoms with Crippen molar-refractivity contribution in [2.24, 2.45) is 11.3 Å². The fourth-order valence-corrected chi connectivity index (χ4v) is 6.11. The van der Waals surface area contributed by atoms with Crippen LogP contribution in [0.25, 0.3) is 0 Å². The molecule has 4 fully saturated rings. The molecule has 3 heterocycles. The number of carbonyl (C=O) groups is 1. The fraction of sp³-hybridized carbons (Fsp3) is 0.731. The minimum Gasteiger partial charge on any atom is -0.490 e. The van der Waals surface area contributed by atoms with Crippen molar-refractivity contribution in [3.05, 3.63) is 29.8 Å². The lowest BCUT2D eigenvalue weighted by Crippen LogP contribution is -2.61. The van der Waals surface area contributed by atoms with Crippen LogP contribution < -0.4 is 4.74 Å². The molecule has 0 bridgehead atoms. The number of ether oxygens (including phenoxy) is 2. The summed E-state index contributed by atoms with van der Waals surface area (Å²) in [6.07, 6.45) is 6.08. The molecule has 1 aromatic rings. The van der Waals surface area contributed by atoms with Crippen molar-refractivity contribution in [3.8, 4) is 5.75 Å². The van der Waals surface area contributed by atoms with E-state index in [1.807, 2.05) is 12.1 Å². The van der Waals surface area contributed by atoms with Gasteiger partial charge in [-0.15, -0.1) is 0 Å². The maximum Gasteiger partial charge on any atom is 0.230 e. The molecule has 1 unspecified atom stereocenters. The minimum atomic E-state index is -0.831. The summed E-state index contributed by atoms with van der Waals surface area (Å²) in [7, 11) is 0. The number of aliphatic hydroxyl groups is 1. The first-order valence-corrected chi connectivity index (χ1v) is 12.4. The molecule has 1 aromatic carbocycles. The van der Waals surface area contributed by atoms with E-state index in [-0.39, 0.29) is 5.92 Å². The third kappa shape index (κ3) is 4.55. The van der Waals surface area contributed by atoms with E-state index in [0.717, 1.165) is 44.8 Å². The van der Waals surface area contributed by atoms with Gasteiger partial charge in [0.1, 0.15) is 12.4 Å². The summed E-state index contributed by atoms with van der Waals surface area (Å²) < 4.78 is 11.2. The average molecular weight is 443 g/mol. The number of hydrogen-bond acceptors (Lipinski definition) is 5. The quantitative estimate of drug-likeness (QED) is 0.734. The molecule has 1 saturated carbocycles. The number of amides is 1. The van der Waals surface area contributed by atoms with E-state index in [1.54, 1.807) is 13.8 Å². The molecule has 32 heavy (non-hydrogen) atoms. The third-order valence-corrected chi connectivity index (χ3v) is 8.01. The van der Waals surface area contributed by atoms with Crippen LogP contribution in [-0.2, 0) is 9.53 Å². The second-order valence-electron chi connectivity index (χ2n) is 11.3.